The molecule has 0 bridgehead atoms. The Hall–Kier alpha value is -2.86. The molecule has 0 spiro atoms. The number of carbonyl (C=O) groups excluding carboxylic acids is 1. The number of allylic oxidation sites excluding steroid dienone is 1. The number of rotatable bonds is 2. The fraction of sp³-hybridized carbons (Fsp3) is 0. The van der Waals surface area contributed by atoms with E-state index in [2.05, 4.69) is 0 Å². The molecule has 6 nitrogen and oxygen atoms in total. The second-order valence-corrected chi connectivity index (χ2v) is 4.99. The maximum absolute atomic E-state index is 12.2. The van der Waals surface area contributed by atoms with Gasteiger partial charge in [0.05, 0.1) is 10.5 Å². The molecule has 0 saturated heterocycles. The Morgan fingerprint density at radius 2 is 2.00 bits per heavy atom. The van der Waals surface area contributed by atoms with E-state index in [1.807, 2.05) is 0 Å². The van der Waals surface area contributed by atoms with E-state index >= 15 is 0 Å². The Morgan fingerprint density at radius 1 is 1.23 bits per heavy atom. The average molecular weight is 318 g/mol. The average Bonchev–Trinajstić information content (AvgIpc) is 2.77. The van der Waals surface area contributed by atoms with Gasteiger partial charge in [0.2, 0.25) is 5.78 Å². The van der Waals surface area contributed by atoms with Crippen molar-refractivity contribution < 1.29 is 19.6 Å². The zero-order chi connectivity index (χ0) is 15.9. The number of benzene rings is 2. The SMILES string of the molecule is O=C1/C(=C\c2cc([N+](=O)[O-])ccc2Cl)Oc2cc(O)ccc21. The Balaban J connectivity index is 2.03. The molecule has 7 heteroatoms. The number of phenols is 1. The molecule has 0 fully saturated rings. The minimum absolute atomic E-state index is 0.0111. The summed E-state index contributed by atoms with van der Waals surface area (Å²) in [5.74, 6) is -0.181. The lowest BCUT2D eigenvalue weighted by Gasteiger charge is -2.01. The monoisotopic (exact) mass is 317 g/mol. The van der Waals surface area contributed by atoms with Crippen LogP contribution >= 0.6 is 11.6 Å². The van der Waals surface area contributed by atoms with Crippen LogP contribution in [0.3, 0.4) is 0 Å². The van der Waals surface area contributed by atoms with Crippen LogP contribution in [-0.2, 0) is 0 Å². The summed E-state index contributed by atoms with van der Waals surface area (Å²) < 4.78 is 5.38. The summed E-state index contributed by atoms with van der Waals surface area (Å²) >= 11 is 5.99. The van der Waals surface area contributed by atoms with Gasteiger partial charge in [-0.3, -0.25) is 14.9 Å². The van der Waals surface area contributed by atoms with E-state index < -0.39 is 4.92 Å². The molecule has 1 aliphatic heterocycles. The van der Waals surface area contributed by atoms with Crippen molar-refractivity contribution in [3.05, 3.63) is 68.4 Å². The van der Waals surface area contributed by atoms with Crippen LogP contribution in [0.15, 0.2) is 42.2 Å². The van der Waals surface area contributed by atoms with Crippen molar-refractivity contribution in [1.82, 2.24) is 0 Å². The molecule has 1 aliphatic rings. The molecule has 2 aromatic rings. The van der Waals surface area contributed by atoms with Crippen molar-refractivity contribution in [2.75, 3.05) is 0 Å². The minimum Gasteiger partial charge on any atom is -0.508 e. The maximum atomic E-state index is 12.2. The van der Waals surface area contributed by atoms with Gasteiger partial charge in [-0.2, -0.15) is 0 Å². The molecule has 0 atom stereocenters. The number of non-ortho nitro benzene ring substituents is 1. The molecule has 2 aromatic carbocycles. The summed E-state index contributed by atoms with van der Waals surface area (Å²) in [5, 5.41) is 20.4. The Kier molecular flexibility index (Phi) is 3.30. The van der Waals surface area contributed by atoms with Crippen molar-refractivity contribution in [1.29, 1.82) is 0 Å². The zero-order valence-corrected chi connectivity index (χ0v) is 11.7. The Bertz CT molecular complexity index is 844. The van der Waals surface area contributed by atoms with Gasteiger partial charge in [-0.15, -0.1) is 0 Å². The number of nitro benzene ring substituents is 1. The first-order valence-electron chi connectivity index (χ1n) is 6.17. The molecular weight excluding hydrogens is 310 g/mol. The maximum Gasteiger partial charge on any atom is 0.270 e. The third-order valence-corrected chi connectivity index (χ3v) is 3.47. The molecule has 3 rings (SSSR count). The summed E-state index contributed by atoms with van der Waals surface area (Å²) in [6, 6.07) is 8.06. The molecule has 0 radical (unpaired) electrons. The molecule has 0 amide bonds. The van der Waals surface area contributed by atoms with Crippen LogP contribution in [0, 0.1) is 10.1 Å². The number of hydrogen-bond donors (Lipinski definition) is 1. The van der Waals surface area contributed by atoms with E-state index in [1.54, 1.807) is 0 Å². The van der Waals surface area contributed by atoms with Crippen molar-refractivity contribution >= 4 is 29.1 Å². The number of phenolic OH excluding ortho intramolecular Hbond substituents is 1. The number of Topliss-reactive ketones (excluding diaryl/α,β-unsaturated/α-hetero) is 1. The van der Waals surface area contributed by atoms with Crippen molar-refractivity contribution in [2.24, 2.45) is 0 Å². The van der Waals surface area contributed by atoms with Gasteiger partial charge in [-0.25, -0.2) is 0 Å². The van der Waals surface area contributed by atoms with Gasteiger partial charge in [0.1, 0.15) is 11.5 Å². The summed E-state index contributed by atoms with van der Waals surface area (Å²) in [6.07, 6.45) is 1.34. The zero-order valence-electron chi connectivity index (χ0n) is 10.9. The van der Waals surface area contributed by atoms with Crippen LogP contribution in [0.5, 0.6) is 11.5 Å². The van der Waals surface area contributed by atoms with Crippen LogP contribution in [0.2, 0.25) is 5.02 Å². The third kappa shape index (κ3) is 2.40. The second-order valence-electron chi connectivity index (χ2n) is 4.58. The number of carbonyl (C=O) groups is 1. The van der Waals surface area contributed by atoms with Crippen molar-refractivity contribution in [3.8, 4) is 11.5 Å². The van der Waals surface area contributed by atoms with Gasteiger partial charge < -0.3 is 9.84 Å². The summed E-state index contributed by atoms with van der Waals surface area (Å²) in [4.78, 5) is 22.4. The predicted molar refractivity (Wildman–Crippen MR) is 79.1 cm³/mol. The fourth-order valence-corrected chi connectivity index (χ4v) is 2.24. The van der Waals surface area contributed by atoms with E-state index in [4.69, 9.17) is 16.3 Å². The highest BCUT2D eigenvalue weighted by atomic mass is 35.5. The lowest BCUT2D eigenvalue weighted by atomic mass is 10.1. The van der Waals surface area contributed by atoms with E-state index in [0.717, 1.165) is 0 Å². The van der Waals surface area contributed by atoms with Crippen molar-refractivity contribution in [2.45, 2.75) is 0 Å². The van der Waals surface area contributed by atoms with Crippen LogP contribution in [-0.4, -0.2) is 15.8 Å². The molecule has 22 heavy (non-hydrogen) atoms. The Morgan fingerprint density at radius 3 is 2.73 bits per heavy atom. The molecule has 0 saturated carbocycles. The largest absolute Gasteiger partial charge is 0.508 e. The number of hydrogen-bond acceptors (Lipinski definition) is 5. The number of nitrogens with zero attached hydrogens (tertiary/aromatic N) is 1. The lowest BCUT2D eigenvalue weighted by molar-refractivity contribution is -0.384. The van der Waals surface area contributed by atoms with E-state index in [-0.39, 0.29) is 33.8 Å². The van der Waals surface area contributed by atoms with Crippen LogP contribution in [0.1, 0.15) is 15.9 Å². The quantitative estimate of drug-likeness (QED) is 0.519. The first kappa shape index (κ1) is 14.1. The summed E-state index contributed by atoms with van der Waals surface area (Å²) in [7, 11) is 0. The van der Waals surface area contributed by atoms with Crippen molar-refractivity contribution in [3.63, 3.8) is 0 Å². The second kappa shape index (κ2) is 5.16. The number of halogens is 1. The standard InChI is InChI=1S/C15H8ClNO5/c16-12-4-1-9(17(20)21)5-8(12)6-14-15(19)11-3-2-10(18)7-13(11)22-14/h1-7,18H/b14-6+. The van der Waals surface area contributed by atoms with E-state index in [9.17, 15) is 20.0 Å². The summed E-state index contributed by atoms with van der Waals surface area (Å²) in [5.41, 5.74) is 0.471. The first-order chi connectivity index (χ1) is 10.5. The van der Waals surface area contributed by atoms with E-state index in [0.29, 0.717) is 11.1 Å². The number of nitro groups is 1. The van der Waals surface area contributed by atoms with E-state index in [1.165, 1.54) is 42.5 Å². The highest BCUT2D eigenvalue weighted by Gasteiger charge is 2.27. The molecular formula is C15H8ClNO5. The highest BCUT2D eigenvalue weighted by Crippen LogP contribution is 2.35. The number of fused-ring (bicyclic) bond motifs is 1. The Labute approximate surface area is 129 Å². The molecule has 1 N–H and O–H groups in total. The molecule has 110 valence electrons. The number of ether oxygens (including phenoxy) is 1. The molecule has 0 aromatic heterocycles. The van der Waals surface area contributed by atoms with Gasteiger partial charge in [-0.1, -0.05) is 11.6 Å². The van der Waals surface area contributed by atoms with Gasteiger partial charge in [-0.05, 0) is 24.3 Å². The molecule has 1 heterocycles. The number of aromatic hydroxyl groups is 1. The first-order valence-corrected chi connectivity index (χ1v) is 6.55. The number of ketones is 1. The molecule has 0 unspecified atom stereocenters. The van der Waals surface area contributed by atoms with Gasteiger partial charge in [0, 0.05) is 28.8 Å². The smallest absolute Gasteiger partial charge is 0.270 e. The topological polar surface area (TPSA) is 89.7 Å². The molecule has 0 aliphatic carbocycles. The third-order valence-electron chi connectivity index (χ3n) is 3.13. The predicted octanol–water partition coefficient (Wildman–Crippen LogP) is 3.57. The normalized spacial score (nSPS) is 14.8. The highest BCUT2D eigenvalue weighted by molar-refractivity contribution is 6.32. The lowest BCUT2D eigenvalue weighted by Crippen LogP contribution is -1.98. The van der Waals surface area contributed by atoms with Crippen LogP contribution in [0.25, 0.3) is 6.08 Å². The van der Waals surface area contributed by atoms with Crippen LogP contribution in [0.4, 0.5) is 5.69 Å². The van der Waals surface area contributed by atoms with Gasteiger partial charge >= 0.3 is 0 Å². The summed E-state index contributed by atoms with van der Waals surface area (Å²) in [6.45, 7) is 0. The van der Waals surface area contributed by atoms with Gasteiger partial charge in [0.15, 0.2) is 5.76 Å². The minimum atomic E-state index is -0.553. The fourth-order valence-electron chi connectivity index (χ4n) is 2.07. The van der Waals surface area contributed by atoms with Gasteiger partial charge in [0.25, 0.3) is 5.69 Å². The van der Waals surface area contributed by atoms with Crippen LogP contribution < -0.4 is 4.74 Å².